The van der Waals surface area contributed by atoms with Crippen LogP contribution < -0.4 is 10.6 Å². The van der Waals surface area contributed by atoms with E-state index in [1.54, 1.807) is 0 Å². The molecule has 100 valence electrons. The van der Waals surface area contributed by atoms with Crippen LogP contribution >= 0.6 is 0 Å². The van der Waals surface area contributed by atoms with E-state index in [0.29, 0.717) is 17.9 Å². The van der Waals surface area contributed by atoms with Crippen molar-refractivity contribution in [3.05, 3.63) is 35.4 Å². The molecule has 0 aromatic heterocycles. The van der Waals surface area contributed by atoms with Gasteiger partial charge in [-0.05, 0) is 49.3 Å². The molecule has 4 unspecified atom stereocenters. The lowest BCUT2D eigenvalue weighted by molar-refractivity contribution is -0.123. The van der Waals surface area contributed by atoms with Crippen LogP contribution in [-0.2, 0) is 11.2 Å². The summed E-state index contributed by atoms with van der Waals surface area (Å²) in [7, 11) is 0. The van der Waals surface area contributed by atoms with Gasteiger partial charge in [0.25, 0.3) is 0 Å². The Morgan fingerprint density at radius 1 is 1.26 bits per heavy atom. The molecule has 2 fully saturated rings. The van der Waals surface area contributed by atoms with Crippen LogP contribution in [0.4, 0.5) is 0 Å². The number of nitrogens with one attached hydrogen (secondary N) is 2. The normalized spacial score (nSPS) is 35.4. The van der Waals surface area contributed by atoms with Crippen LogP contribution in [0.25, 0.3) is 0 Å². The molecule has 4 rings (SSSR count). The minimum atomic E-state index is 0.0536. The number of hydrogen-bond acceptors (Lipinski definition) is 2. The number of fused-ring (bicyclic) bond motifs is 3. The minimum Gasteiger partial charge on any atom is -0.351 e. The molecule has 0 bridgehead atoms. The van der Waals surface area contributed by atoms with Gasteiger partial charge in [-0.15, -0.1) is 0 Å². The molecule has 3 heteroatoms. The van der Waals surface area contributed by atoms with Gasteiger partial charge in [-0.25, -0.2) is 0 Å². The summed E-state index contributed by atoms with van der Waals surface area (Å²) in [6.45, 7) is 0.985. The van der Waals surface area contributed by atoms with Crippen LogP contribution in [0.3, 0.4) is 0 Å². The molecular formula is C16H20N2O. The maximum absolute atomic E-state index is 12.2. The molecule has 1 aromatic rings. The van der Waals surface area contributed by atoms with Crippen molar-refractivity contribution in [2.24, 2.45) is 5.92 Å². The van der Waals surface area contributed by atoms with Gasteiger partial charge in [0.15, 0.2) is 0 Å². The number of carbonyl (C=O) groups excluding carboxylic acids is 1. The number of rotatable bonds is 2. The predicted octanol–water partition coefficient (Wildman–Crippen LogP) is 1.58. The summed E-state index contributed by atoms with van der Waals surface area (Å²) >= 11 is 0. The molecule has 3 aliphatic rings. The van der Waals surface area contributed by atoms with Gasteiger partial charge in [0.2, 0.25) is 5.91 Å². The van der Waals surface area contributed by atoms with Crippen molar-refractivity contribution in [1.82, 2.24) is 10.6 Å². The fourth-order valence-electron chi connectivity index (χ4n) is 3.94. The third-order valence-corrected chi connectivity index (χ3v) is 5.02. The highest BCUT2D eigenvalue weighted by atomic mass is 16.2. The molecule has 1 aliphatic heterocycles. The highest BCUT2D eigenvalue weighted by molar-refractivity contribution is 5.83. The van der Waals surface area contributed by atoms with Crippen LogP contribution in [0.15, 0.2) is 24.3 Å². The molecule has 0 radical (unpaired) electrons. The maximum Gasteiger partial charge on any atom is 0.237 e. The second kappa shape index (κ2) is 4.34. The van der Waals surface area contributed by atoms with Gasteiger partial charge in [-0.1, -0.05) is 24.3 Å². The Bertz CT molecular complexity index is 507. The number of hydrogen-bond donors (Lipinski definition) is 2. The maximum atomic E-state index is 12.2. The van der Waals surface area contributed by atoms with Crippen LogP contribution in [0.5, 0.6) is 0 Å². The van der Waals surface area contributed by atoms with Crippen molar-refractivity contribution < 1.29 is 4.79 Å². The zero-order valence-electron chi connectivity index (χ0n) is 11.1. The summed E-state index contributed by atoms with van der Waals surface area (Å²) in [5.74, 6) is 1.48. The molecule has 4 atom stereocenters. The third-order valence-electron chi connectivity index (χ3n) is 5.02. The van der Waals surface area contributed by atoms with E-state index in [1.807, 2.05) is 0 Å². The topological polar surface area (TPSA) is 41.1 Å². The van der Waals surface area contributed by atoms with E-state index in [1.165, 1.54) is 24.0 Å². The van der Waals surface area contributed by atoms with E-state index in [4.69, 9.17) is 0 Å². The van der Waals surface area contributed by atoms with Gasteiger partial charge >= 0.3 is 0 Å². The van der Waals surface area contributed by atoms with Crippen molar-refractivity contribution in [1.29, 1.82) is 0 Å². The molecule has 1 amide bonds. The quantitative estimate of drug-likeness (QED) is 0.843. The minimum absolute atomic E-state index is 0.0536. The van der Waals surface area contributed by atoms with Crippen LogP contribution in [0.2, 0.25) is 0 Å². The summed E-state index contributed by atoms with van der Waals surface area (Å²) < 4.78 is 0. The highest BCUT2D eigenvalue weighted by Gasteiger charge is 2.54. The predicted molar refractivity (Wildman–Crippen MR) is 73.9 cm³/mol. The number of benzene rings is 1. The number of amides is 1. The highest BCUT2D eigenvalue weighted by Crippen LogP contribution is 2.54. The van der Waals surface area contributed by atoms with E-state index in [2.05, 4.69) is 34.9 Å². The summed E-state index contributed by atoms with van der Waals surface area (Å²) in [4.78, 5) is 12.2. The van der Waals surface area contributed by atoms with Crippen molar-refractivity contribution in [2.75, 3.05) is 6.54 Å². The summed E-state index contributed by atoms with van der Waals surface area (Å²) in [6, 6.07) is 9.17. The van der Waals surface area contributed by atoms with Crippen LogP contribution in [-0.4, -0.2) is 24.5 Å². The van der Waals surface area contributed by atoms with E-state index >= 15 is 0 Å². The first-order chi connectivity index (χ1) is 9.34. The second-order valence-corrected chi connectivity index (χ2v) is 6.11. The number of carbonyl (C=O) groups is 1. The zero-order valence-corrected chi connectivity index (χ0v) is 11.1. The summed E-state index contributed by atoms with van der Waals surface area (Å²) in [6.07, 6.45) is 4.51. The molecule has 19 heavy (non-hydrogen) atoms. The molecule has 1 saturated carbocycles. The molecule has 1 aromatic carbocycles. The Morgan fingerprint density at radius 2 is 2.16 bits per heavy atom. The molecule has 2 aliphatic carbocycles. The lowest BCUT2D eigenvalue weighted by atomic mass is 9.92. The molecule has 2 N–H and O–H groups in total. The smallest absolute Gasteiger partial charge is 0.237 e. The van der Waals surface area contributed by atoms with Crippen LogP contribution in [0.1, 0.15) is 36.3 Å². The summed E-state index contributed by atoms with van der Waals surface area (Å²) in [5, 5.41) is 6.56. The van der Waals surface area contributed by atoms with Crippen molar-refractivity contribution >= 4 is 5.91 Å². The van der Waals surface area contributed by atoms with Crippen LogP contribution in [0, 0.1) is 5.92 Å². The first kappa shape index (κ1) is 11.5. The lowest BCUT2D eigenvalue weighted by Crippen LogP contribution is -2.42. The summed E-state index contributed by atoms with van der Waals surface area (Å²) in [5.41, 5.74) is 2.96. The van der Waals surface area contributed by atoms with Crippen molar-refractivity contribution in [3.8, 4) is 0 Å². The molecule has 1 saturated heterocycles. The molecule has 3 nitrogen and oxygen atoms in total. The van der Waals surface area contributed by atoms with Crippen molar-refractivity contribution in [2.45, 2.75) is 43.7 Å². The average Bonchev–Trinajstić information content (AvgIpc) is 2.89. The van der Waals surface area contributed by atoms with E-state index in [-0.39, 0.29) is 11.9 Å². The van der Waals surface area contributed by atoms with Gasteiger partial charge < -0.3 is 10.6 Å². The SMILES string of the molecule is O=C(NC1C2CCc3ccccc3C21)C1CCCN1. The van der Waals surface area contributed by atoms with Gasteiger partial charge in [0.05, 0.1) is 6.04 Å². The Hall–Kier alpha value is -1.35. The van der Waals surface area contributed by atoms with E-state index in [9.17, 15) is 4.79 Å². The Kier molecular flexibility index (Phi) is 2.62. The van der Waals surface area contributed by atoms with Crippen molar-refractivity contribution in [3.63, 3.8) is 0 Å². The van der Waals surface area contributed by atoms with E-state index < -0.39 is 0 Å². The van der Waals surface area contributed by atoms with Gasteiger partial charge in [-0.2, -0.15) is 0 Å². The van der Waals surface area contributed by atoms with E-state index in [0.717, 1.165) is 19.4 Å². The monoisotopic (exact) mass is 256 g/mol. The van der Waals surface area contributed by atoms with Gasteiger partial charge in [0, 0.05) is 12.0 Å². The fraction of sp³-hybridized carbons (Fsp3) is 0.562. The molecule has 1 heterocycles. The fourth-order valence-corrected chi connectivity index (χ4v) is 3.94. The zero-order chi connectivity index (χ0) is 12.8. The third kappa shape index (κ3) is 1.88. The Morgan fingerprint density at radius 3 is 3.00 bits per heavy atom. The second-order valence-electron chi connectivity index (χ2n) is 6.11. The number of aryl methyl sites for hydroxylation is 1. The lowest BCUT2D eigenvalue weighted by Gasteiger charge is -2.13. The average molecular weight is 256 g/mol. The van der Waals surface area contributed by atoms with Gasteiger partial charge in [0.1, 0.15) is 0 Å². The first-order valence-corrected chi connectivity index (χ1v) is 7.46. The Labute approximate surface area is 113 Å². The first-order valence-electron chi connectivity index (χ1n) is 7.46. The van der Waals surface area contributed by atoms with Gasteiger partial charge in [-0.3, -0.25) is 4.79 Å². The molecular weight excluding hydrogens is 236 g/mol. The standard InChI is InChI=1S/C16H20N2O/c19-16(13-6-3-9-17-13)18-15-12-8-7-10-4-1-2-5-11(10)14(12)15/h1-2,4-5,12-15,17H,3,6-9H2,(H,18,19). The largest absolute Gasteiger partial charge is 0.351 e. The molecule has 0 spiro atoms. The Balaban J connectivity index is 1.47.